The van der Waals surface area contributed by atoms with Crippen molar-refractivity contribution in [3.05, 3.63) is 0 Å². The molecule has 0 rings (SSSR count). The Labute approximate surface area is 70.3 Å². The molecule has 0 heterocycles. The summed E-state index contributed by atoms with van der Waals surface area (Å²) in [5.41, 5.74) is 0. The van der Waals surface area contributed by atoms with E-state index in [4.69, 9.17) is 9.84 Å². The van der Waals surface area contributed by atoms with Gasteiger partial charge in [-0.05, 0) is 6.92 Å². The van der Waals surface area contributed by atoms with Crippen LogP contribution in [0.5, 0.6) is 0 Å². The van der Waals surface area contributed by atoms with E-state index < -0.39 is 17.9 Å². The topological polar surface area (TPSA) is 72.8 Å². The SMILES string of the molecule is COCO[C@H](C)CC(=O)C(=O)O. The molecule has 0 unspecified atom stereocenters. The first-order chi connectivity index (χ1) is 5.57. The van der Waals surface area contributed by atoms with Gasteiger partial charge >= 0.3 is 5.97 Å². The van der Waals surface area contributed by atoms with E-state index in [1.807, 2.05) is 0 Å². The van der Waals surface area contributed by atoms with Gasteiger partial charge in [0.2, 0.25) is 5.78 Å². The number of ether oxygens (including phenoxy) is 2. The molecule has 5 nitrogen and oxygen atoms in total. The summed E-state index contributed by atoms with van der Waals surface area (Å²) in [5, 5.41) is 8.22. The number of aliphatic carboxylic acids is 1. The van der Waals surface area contributed by atoms with Gasteiger partial charge in [0.15, 0.2) is 0 Å². The maximum Gasteiger partial charge on any atom is 0.372 e. The van der Waals surface area contributed by atoms with Crippen molar-refractivity contribution in [3.8, 4) is 0 Å². The predicted octanol–water partition coefficient (Wildman–Crippen LogP) is 0.0392. The Hall–Kier alpha value is -0.940. The molecule has 0 aliphatic carbocycles. The fourth-order valence-electron chi connectivity index (χ4n) is 0.592. The van der Waals surface area contributed by atoms with Crippen molar-refractivity contribution in [3.63, 3.8) is 0 Å². The van der Waals surface area contributed by atoms with Crippen LogP contribution in [0.15, 0.2) is 0 Å². The predicted molar refractivity (Wildman–Crippen MR) is 39.7 cm³/mol. The van der Waals surface area contributed by atoms with Crippen molar-refractivity contribution >= 4 is 11.8 Å². The molecular formula is C7H12O5. The van der Waals surface area contributed by atoms with Crippen LogP contribution in [0.25, 0.3) is 0 Å². The number of methoxy groups -OCH3 is 1. The number of Topliss-reactive ketones (excluding diaryl/α,β-unsaturated/α-hetero) is 1. The van der Waals surface area contributed by atoms with E-state index in [0.717, 1.165) is 0 Å². The first-order valence-electron chi connectivity index (χ1n) is 3.44. The molecular weight excluding hydrogens is 164 g/mol. The third-order valence-corrected chi connectivity index (χ3v) is 1.18. The molecule has 0 bridgehead atoms. The summed E-state index contributed by atoms with van der Waals surface area (Å²) in [6, 6.07) is 0. The summed E-state index contributed by atoms with van der Waals surface area (Å²) in [4.78, 5) is 20.7. The highest BCUT2D eigenvalue weighted by atomic mass is 16.7. The van der Waals surface area contributed by atoms with Crippen LogP contribution in [0.1, 0.15) is 13.3 Å². The van der Waals surface area contributed by atoms with Crippen LogP contribution < -0.4 is 0 Å². The highest BCUT2D eigenvalue weighted by Gasteiger charge is 2.15. The van der Waals surface area contributed by atoms with Gasteiger partial charge in [-0.1, -0.05) is 0 Å². The fraction of sp³-hybridized carbons (Fsp3) is 0.714. The Kier molecular flexibility index (Phi) is 5.23. The quantitative estimate of drug-likeness (QED) is 0.457. The van der Waals surface area contributed by atoms with Crippen molar-refractivity contribution in [2.75, 3.05) is 13.9 Å². The van der Waals surface area contributed by atoms with E-state index in [2.05, 4.69) is 4.74 Å². The second kappa shape index (κ2) is 5.68. The Morgan fingerprint density at radius 1 is 1.50 bits per heavy atom. The van der Waals surface area contributed by atoms with Crippen molar-refractivity contribution in [2.24, 2.45) is 0 Å². The van der Waals surface area contributed by atoms with Crippen molar-refractivity contribution in [2.45, 2.75) is 19.4 Å². The molecule has 0 saturated carbocycles. The zero-order chi connectivity index (χ0) is 9.56. The Bertz CT molecular complexity index is 165. The van der Waals surface area contributed by atoms with Gasteiger partial charge in [-0.25, -0.2) is 4.79 Å². The van der Waals surface area contributed by atoms with Crippen LogP contribution >= 0.6 is 0 Å². The van der Waals surface area contributed by atoms with E-state index in [9.17, 15) is 9.59 Å². The maximum absolute atomic E-state index is 10.6. The number of hydrogen-bond donors (Lipinski definition) is 1. The maximum atomic E-state index is 10.6. The number of rotatable bonds is 6. The standard InChI is InChI=1S/C7H12O5/c1-5(12-4-11-2)3-6(8)7(9)10/h5H,3-4H2,1-2H3,(H,9,10)/t5-/m1/s1. The van der Waals surface area contributed by atoms with Crippen LogP contribution in [-0.4, -0.2) is 36.9 Å². The van der Waals surface area contributed by atoms with Crippen LogP contribution in [0.2, 0.25) is 0 Å². The molecule has 0 aromatic carbocycles. The minimum Gasteiger partial charge on any atom is -0.475 e. The largest absolute Gasteiger partial charge is 0.475 e. The summed E-state index contributed by atoms with van der Waals surface area (Å²) >= 11 is 0. The number of carboxylic acid groups (broad SMARTS) is 1. The molecule has 1 atom stereocenters. The van der Waals surface area contributed by atoms with Gasteiger partial charge in [0, 0.05) is 13.5 Å². The van der Waals surface area contributed by atoms with Crippen molar-refractivity contribution < 1.29 is 24.2 Å². The summed E-state index contributed by atoms with van der Waals surface area (Å²) in [7, 11) is 1.45. The molecule has 70 valence electrons. The second-order valence-corrected chi connectivity index (χ2v) is 2.32. The van der Waals surface area contributed by atoms with Gasteiger partial charge in [-0.2, -0.15) is 0 Å². The number of carbonyl (C=O) groups excluding carboxylic acids is 1. The summed E-state index contributed by atoms with van der Waals surface area (Å²) in [6.45, 7) is 1.67. The zero-order valence-corrected chi connectivity index (χ0v) is 7.07. The Balaban J connectivity index is 3.61. The molecule has 0 aliphatic rings. The fourth-order valence-corrected chi connectivity index (χ4v) is 0.592. The van der Waals surface area contributed by atoms with E-state index in [1.165, 1.54) is 7.11 Å². The second-order valence-electron chi connectivity index (χ2n) is 2.32. The summed E-state index contributed by atoms with van der Waals surface area (Å²) in [6.07, 6.45) is -0.549. The smallest absolute Gasteiger partial charge is 0.372 e. The van der Waals surface area contributed by atoms with Gasteiger partial charge in [0.25, 0.3) is 0 Å². The molecule has 5 heteroatoms. The summed E-state index contributed by atoms with van der Waals surface area (Å²) < 4.78 is 9.48. The van der Waals surface area contributed by atoms with Gasteiger partial charge in [-0.3, -0.25) is 4.79 Å². The molecule has 0 radical (unpaired) electrons. The molecule has 0 aliphatic heterocycles. The minimum absolute atomic E-state index is 0.0636. The van der Waals surface area contributed by atoms with Crippen LogP contribution in [0.3, 0.4) is 0 Å². The lowest BCUT2D eigenvalue weighted by Crippen LogP contribution is -2.21. The first-order valence-corrected chi connectivity index (χ1v) is 3.44. The van der Waals surface area contributed by atoms with E-state index in [-0.39, 0.29) is 13.2 Å². The molecule has 0 spiro atoms. The normalized spacial score (nSPS) is 12.5. The Morgan fingerprint density at radius 2 is 2.08 bits per heavy atom. The van der Waals surface area contributed by atoms with Gasteiger partial charge in [0.05, 0.1) is 6.10 Å². The van der Waals surface area contributed by atoms with Crippen LogP contribution in [-0.2, 0) is 19.1 Å². The highest BCUT2D eigenvalue weighted by Crippen LogP contribution is 1.98. The van der Waals surface area contributed by atoms with Gasteiger partial charge < -0.3 is 14.6 Å². The average molecular weight is 176 g/mol. The number of carbonyl (C=O) groups is 2. The first kappa shape index (κ1) is 11.1. The Morgan fingerprint density at radius 3 is 2.50 bits per heavy atom. The molecule has 12 heavy (non-hydrogen) atoms. The number of carboxylic acids is 1. The number of ketones is 1. The van der Waals surface area contributed by atoms with Crippen LogP contribution in [0, 0.1) is 0 Å². The lowest BCUT2D eigenvalue weighted by Gasteiger charge is -2.09. The molecule has 0 aromatic rings. The highest BCUT2D eigenvalue weighted by molar-refractivity contribution is 6.32. The third-order valence-electron chi connectivity index (χ3n) is 1.18. The van der Waals surface area contributed by atoms with Crippen molar-refractivity contribution in [1.29, 1.82) is 0 Å². The van der Waals surface area contributed by atoms with Gasteiger partial charge in [0.1, 0.15) is 6.79 Å². The monoisotopic (exact) mass is 176 g/mol. The van der Waals surface area contributed by atoms with Gasteiger partial charge in [-0.15, -0.1) is 0 Å². The lowest BCUT2D eigenvalue weighted by molar-refractivity contribution is -0.151. The third kappa shape index (κ3) is 4.81. The lowest BCUT2D eigenvalue weighted by atomic mass is 10.2. The van der Waals surface area contributed by atoms with E-state index in [1.54, 1.807) is 6.92 Å². The molecule has 0 fully saturated rings. The van der Waals surface area contributed by atoms with E-state index in [0.29, 0.717) is 0 Å². The molecule has 0 amide bonds. The van der Waals surface area contributed by atoms with E-state index >= 15 is 0 Å². The average Bonchev–Trinajstić information content (AvgIpc) is 2.00. The summed E-state index contributed by atoms with van der Waals surface area (Å²) in [5.74, 6) is -2.28. The zero-order valence-electron chi connectivity index (χ0n) is 7.07. The van der Waals surface area contributed by atoms with Crippen LogP contribution in [0.4, 0.5) is 0 Å². The molecule has 0 saturated heterocycles. The molecule has 0 aromatic heterocycles. The molecule has 1 N–H and O–H groups in total. The van der Waals surface area contributed by atoms with Crippen molar-refractivity contribution in [1.82, 2.24) is 0 Å². The minimum atomic E-state index is -1.43. The number of hydrogen-bond acceptors (Lipinski definition) is 4.